The fraction of sp³-hybridized carbons (Fsp3) is 1.00. The van der Waals surface area contributed by atoms with Gasteiger partial charge in [-0.3, -0.25) is 4.90 Å². The van der Waals surface area contributed by atoms with Crippen molar-refractivity contribution < 1.29 is 14.9 Å². The van der Waals surface area contributed by atoms with Crippen LogP contribution in [0.25, 0.3) is 0 Å². The van der Waals surface area contributed by atoms with Crippen molar-refractivity contribution in [1.82, 2.24) is 9.80 Å². The smallest absolute Gasteiger partial charge is 0.0594 e. The molecule has 0 spiro atoms. The van der Waals surface area contributed by atoms with E-state index < -0.39 is 0 Å². The molecule has 0 aromatic rings. The van der Waals surface area contributed by atoms with E-state index in [4.69, 9.17) is 14.9 Å². The number of aliphatic hydroxyl groups excluding tert-OH is 2. The molecule has 0 amide bonds. The Bertz CT molecular complexity index is 125. The summed E-state index contributed by atoms with van der Waals surface area (Å²) in [5.74, 6) is 0. The first-order valence-electron chi connectivity index (χ1n) is 5.37. The van der Waals surface area contributed by atoms with Gasteiger partial charge in [-0.05, 0) is 14.1 Å². The van der Waals surface area contributed by atoms with Gasteiger partial charge in [0, 0.05) is 26.2 Å². The number of morpholine rings is 1. The van der Waals surface area contributed by atoms with Crippen molar-refractivity contribution in [1.29, 1.82) is 0 Å². The molecule has 0 aliphatic carbocycles. The molecule has 0 radical (unpaired) electrons. The quantitative estimate of drug-likeness (QED) is 0.627. The van der Waals surface area contributed by atoms with Gasteiger partial charge in [0.05, 0.1) is 26.4 Å². The van der Waals surface area contributed by atoms with E-state index >= 15 is 0 Å². The molecule has 0 aromatic heterocycles. The Kier molecular flexibility index (Phi) is 10.2. The summed E-state index contributed by atoms with van der Waals surface area (Å²) in [7, 11) is 3.85. The number of likely N-dealkylation sites (N-methyl/N-ethyl adjacent to an activating group) is 1. The summed E-state index contributed by atoms with van der Waals surface area (Å²) in [4.78, 5) is 4.13. The second-order valence-corrected chi connectivity index (χ2v) is 3.70. The number of ether oxygens (including phenoxy) is 1. The van der Waals surface area contributed by atoms with Crippen LogP contribution < -0.4 is 0 Å². The van der Waals surface area contributed by atoms with E-state index in [9.17, 15) is 0 Å². The van der Waals surface area contributed by atoms with E-state index in [-0.39, 0.29) is 13.2 Å². The first kappa shape index (κ1) is 14.8. The van der Waals surface area contributed by atoms with Crippen LogP contribution in [0.3, 0.4) is 0 Å². The molecule has 0 aromatic carbocycles. The molecule has 0 bridgehead atoms. The number of rotatable bonds is 4. The lowest BCUT2D eigenvalue weighted by Gasteiger charge is -2.25. The summed E-state index contributed by atoms with van der Waals surface area (Å²) in [6.07, 6.45) is 0. The van der Waals surface area contributed by atoms with Crippen molar-refractivity contribution in [3.63, 3.8) is 0 Å². The van der Waals surface area contributed by atoms with Crippen molar-refractivity contribution in [2.24, 2.45) is 0 Å². The predicted octanol–water partition coefficient (Wildman–Crippen LogP) is -1.15. The van der Waals surface area contributed by atoms with Gasteiger partial charge in [0.25, 0.3) is 0 Å². The molecule has 1 aliphatic rings. The molecule has 5 heteroatoms. The lowest BCUT2D eigenvalue weighted by molar-refractivity contribution is 0.0306. The zero-order valence-electron chi connectivity index (χ0n) is 9.85. The minimum Gasteiger partial charge on any atom is -0.395 e. The third-order valence-electron chi connectivity index (χ3n) is 2.07. The highest BCUT2D eigenvalue weighted by atomic mass is 16.5. The minimum absolute atomic E-state index is 0.257. The summed E-state index contributed by atoms with van der Waals surface area (Å²) in [5.41, 5.74) is 0. The summed E-state index contributed by atoms with van der Waals surface area (Å²) >= 11 is 0. The number of aliphatic hydroxyl groups is 2. The van der Waals surface area contributed by atoms with Gasteiger partial charge in [-0.1, -0.05) is 0 Å². The van der Waals surface area contributed by atoms with E-state index in [1.165, 1.54) is 0 Å². The Morgan fingerprint density at radius 2 is 1.73 bits per heavy atom. The van der Waals surface area contributed by atoms with Crippen molar-refractivity contribution in [3.05, 3.63) is 0 Å². The SMILES string of the molecule is CN(C)CCO.OCCN1CCOCC1. The molecular formula is C10H24N2O3. The van der Waals surface area contributed by atoms with Crippen LogP contribution in [-0.2, 0) is 4.74 Å². The Hall–Kier alpha value is -0.200. The molecule has 2 N–H and O–H groups in total. The Labute approximate surface area is 92.2 Å². The molecule has 1 heterocycles. The van der Waals surface area contributed by atoms with Gasteiger partial charge in [-0.25, -0.2) is 0 Å². The average Bonchev–Trinajstić information content (AvgIpc) is 2.20. The molecule has 92 valence electrons. The second kappa shape index (κ2) is 10.3. The molecule has 1 fully saturated rings. The van der Waals surface area contributed by atoms with Gasteiger partial charge in [-0.2, -0.15) is 0 Å². The van der Waals surface area contributed by atoms with E-state index in [1.54, 1.807) is 0 Å². The van der Waals surface area contributed by atoms with Crippen LogP contribution in [0.5, 0.6) is 0 Å². The zero-order valence-corrected chi connectivity index (χ0v) is 9.85. The summed E-state index contributed by atoms with van der Waals surface area (Å²) in [5, 5.41) is 16.7. The highest BCUT2D eigenvalue weighted by molar-refractivity contribution is 4.59. The normalized spacial score (nSPS) is 17.4. The molecule has 0 atom stereocenters. The first-order valence-corrected chi connectivity index (χ1v) is 5.37. The van der Waals surface area contributed by atoms with E-state index in [2.05, 4.69) is 4.90 Å². The van der Waals surface area contributed by atoms with Crippen LogP contribution in [0.4, 0.5) is 0 Å². The van der Waals surface area contributed by atoms with Crippen molar-refractivity contribution in [2.45, 2.75) is 0 Å². The number of β-amino-alcohol motifs (C(OH)–C–C–N with tert-alkyl or cyclic N) is 1. The topological polar surface area (TPSA) is 56.2 Å². The largest absolute Gasteiger partial charge is 0.395 e. The second-order valence-electron chi connectivity index (χ2n) is 3.70. The standard InChI is InChI=1S/C6H13NO2.C4H11NO/c8-4-1-7-2-5-9-6-3-7;1-5(2)3-4-6/h8H,1-6H2;6H,3-4H2,1-2H3. The minimum atomic E-state index is 0.257. The van der Waals surface area contributed by atoms with E-state index in [1.807, 2.05) is 19.0 Å². The Balaban J connectivity index is 0.000000288. The van der Waals surface area contributed by atoms with Gasteiger partial charge in [0.1, 0.15) is 0 Å². The number of nitrogens with zero attached hydrogens (tertiary/aromatic N) is 2. The molecule has 1 aliphatic heterocycles. The van der Waals surface area contributed by atoms with Gasteiger partial charge in [-0.15, -0.1) is 0 Å². The molecule has 0 unspecified atom stereocenters. The molecule has 5 nitrogen and oxygen atoms in total. The zero-order chi connectivity index (χ0) is 11.5. The molecule has 15 heavy (non-hydrogen) atoms. The van der Waals surface area contributed by atoms with Crippen LogP contribution in [0.2, 0.25) is 0 Å². The average molecular weight is 220 g/mol. The fourth-order valence-corrected chi connectivity index (χ4v) is 1.17. The molecule has 1 saturated heterocycles. The highest BCUT2D eigenvalue weighted by Crippen LogP contribution is 1.94. The third kappa shape index (κ3) is 10.1. The van der Waals surface area contributed by atoms with Gasteiger partial charge in [0.15, 0.2) is 0 Å². The highest BCUT2D eigenvalue weighted by Gasteiger charge is 2.07. The van der Waals surface area contributed by atoms with Crippen molar-refractivity contribution >= 4 is 0 Å². The molecular weight excluding hydrogens is 196 g/mol. The van der Waals surface area contributed by atoms with E-state index in [0.717, 1.165) is 39.4 Å². The maximum Gasteiger partial charge on any atom is 0.0594 e. The first-order chi connectivity index (χ1) is 7.20. The van der Waals surface area contributed by atoms with Crippen LogP contribution in [0.15, 0.2) is 0 Å². The maximum absolute atomic E-state index is 8.54. The van der Waals surface area contributed by atoms with Crippen molar-refractivity contribution in [3.8, 4) is 0 Å². The van der Waals surface area contributed by atoms with Gasteiger partial charge >= 0.3 is 0 Å². The van der Waals surface area contributed by atoms with Crippen LogP contribution in [-0.4, -0.2) is 86.7 Å². The Morgan fingerprint density at radius 3 is 2.07 bits per heavy atom. The number of hydrogen-bond acceptors (Lipinski definition) is 5. The summed E-state index contributed by atoms with van der Waals surface area (Å²) < 4.78 is 5.12. The summed E-state index contributed by atoms with van der Waals surface area (Å²) in [6.45, 7) is 5.66. The fourth-order valence-electron chi connectivity index (χ4n) is 1.17. The van der Waals surface area contributed by atoms with Crippen LogP contribution in [0, 0.1) is 0 Å². The molecule has 0 saturated carbocycles. The lowest BCUT2D eigenvalue weighted by atomic mass is 10.4. The van der Waals surface area contributed by atoms with Crippen molar-refractivity contribution in [2.75, 3.05) is 66.7 Å². The predicted molar refractivity (Wildman–Crippen MR) is 60.0 cm³/mol. The molecule has 1 rings (SSSR count). The summed E-state index contributed by atoms with van der Waals surface area (Å²) in [6, 6.07) is 0. The van der Waals surface area contributed by atoms with Crippen LogP contribution in [0.1, 0.15) is 0 Å². The Morgan fingerprint density at radius 1 is 1.13 bits per heavy atom. The monoisotopic (exact) mass is 220 g/mol. The number of hydrogen-bond donors (Lipinski definition) is 2. The lowest BCUT2D eigenvalue weighted by Crippen LogP contribution is -2.37. The van der Waals surface area contributed by atoms with Gasteiger partial charge < -0.3 is 19.8 Å². The maximum atomic E-state index is 8.54. The van der Waals surface area contributed by atoms with E-state index in [0.29, 0.717) is 0 Å². The third-order valence-corrected chi connectivity index (χ3v) is 2.07. The van der Waals surface area contributed by atoms with Gasteiger partial charge in [0.2, 0.25) is 0 Å². The van der Waals surface area contributed by atoms with Crippen LogP contribution >= 0.6 is 0 Å².